The Bertz CT molecular complexity index is 284. The third-order valence-corrected chi connectivity index (χ3v) is 1.46. The van der Waals surface area contributed by atoms with Crippen molar-refractivity contribution in [1.29, 1.82) is 0 Å². The molecule has 4 N–H and O–H groups in total. The topological polar surface area (TPSA) is 88.2 Å². The molecule has 0 aliphatic carbocycles. The second-order valence-electron chi connectivity index (χ2n) is 2.45. The van der Waals surface area contributed by atoms with Crippen LogP contribution >= 0.6 is 0 Å². The minimum Gasteiger partial charge on any atom is -0.478 e. The Balaban J connectivity index is 2.64. The van der Waals surface area contributed by atoms with E-state index in [-0.39, 0.29) is 5.56 Å². The lowest BCUT2D eigenvalue weighted by molar-refractivity contribution is 0.0696. The number of nitrogens with one attached hydrogen (secondary N) is 1. The molecule has 0 amide bonds. The summed E-state index contributed by atoms with van der Waals surface area (Å²) < 4.78 is 0. The van der Waals surface area contributed by atoms with E-state index in [0.29, 0.717) is 18.9 Å². The molecule has 1 rings (SSSR count). The van der Waals surface area contributed by atoms with Gasteiger partial charge in [-0.1, -0.05) is 0 Å². The Labute approximate surface area is 75.6 Å². The number of aromatic nitrogens is 1. The fourth-order valence-corrected chi connectivity index (χ4v) is 0.825. The molecule has 0 saturated heterocycles. The molecule has 0 radical (unpaired) electrons. The van der Waals surface area contributed by atoms with Gasteiger partial charge in [-0.05, 0) is 12.1 Å². The van der Waals surface area contributed by atoms with Crippen LogP contribution in [0.4, 0.5) is 5.82 Å². The largest absolute Gasteiger partial charge is 0.478 e. The molecule has 0 fully saturated rings. The number of aromatic carboxylic acids is 1. The van der Waals surface area contributed by atoms with Crippen LogP contribution in [0.1, 0.15) is 10.4 Å². The van der Waals surface area contributed by atoms with Gasteiger partial charge in [-0.25, -0.2) is 9.78 Å². The van der Waals surface area contributed by atoms with Crippen LogP contribution in [0.15, 0.2) is 18.3 Å². The number of hydrogen-bond donors (Lipinski definition) is 3. The Kier molecular flexibility index (Phi) is 3.22. The predicted octanol–water partition coefficient (Wildman–Crippen LogP) is 0.150. The summed E-state index contributed by atoms with van der Waals surface area (Å²) in [5, 5.41) is 11.5. The molecule has 1 aromatic heterocycles. The van der Waals surface area contributed by atoms with E-state index in [1.54, 1.807) is 6.07 Å². The van der Waals surface area contributed by atoms with Crippen molar-refractivity contribution in [3.63, 3.8) is 0 Å². The molecule has 0 spiro atoms. The average molecular weight is 181 g/mol. The first kappa shape index (κ1) is 9.47. The van der Waals surface area contributed by atoms with Gasteiger partial charge in [0.25, 0.3) is 0 Å². The van der Waals surface area contributed by atoms with Gasteiger partial charge in [0.1, 0.15) is 5.82 Å². The summed E-state index contributed by atoms with van der Waals surface area (Å²) in [6.45, 7) is 1.14. The van der Waals surface area contributed by atoms with E-state index in [2.05, 4.69) is 10.3 Å². The standard InChI is InChI=1S/C8H11N3O2/c9-3-4-10-7-2-1-6(5-11-7)8(12)13/h1-2,5H,3-4,9H2,(H,10,11)(H,12,13). The summed E-state index contributed by atoms with van der Waals surface area (Å²) in [6.07, 6.45) is 1.31. The summed E-state index contributed by atoms with van der Waals surface area (Å²) in [5.41, 5.74) is 5.45. The number of pyridine rings is 1. The molecule has 0 unspecified atom stereocenters. The van der Waals surface area contributed by atoms with Crippen LogP contribution in [-0.2, 0) is 0 Å². The number of carbonyl (C=O) groups is 1. The van der Waals surface area contributed by atoms with E-state index in [1.807, 2.05) is 0 Å². The molecule has 1 aromatic rings. The van der Waals surface area contributed by atoms with Crippen molar-refractivity contribution < 1.29 is 9.90 Å². The van der Waals surface area contributed by atoms with Gasteiger partial charge in [-0.15, -0.1) is 0 Å². The molecule has 70 valence electrons. The highest BCUT2D eigenvalue weighted by molar-refractivity contribution is 5.87. The monoisotopic (exact) mass is 181 g/mol. The van der Waals surface area contributed by atoms with Gasteiger partial charge in [-0.3, -0.25) is 0 Å². The molecule has 0 bridgehead atoms. The van der Waals surface area contributed by atoms with Crippen LogP contribution in [0.3, 0.4) is 0 Å². The summed E-state index contributed by atoms with van der Waals surface area (Å²) in [6, 6.07) is 3.10. The number of rotatable bonds is 4. The smallest absolute Gasteiger partial charge is 0.337 e. The minimum atomic E-state index is -0.974. The van der Waals surface area contributed by atoms with Crippen LogP contribution in [0.25, 0.3) is 0 Å². The third-order valence-electron chi connectivity index (χ3n) is 1.46. The van der Waals surface area contributed by atoms with Gasteiger partial charge in [0.2, 0.25) is 0 Å². The molecule has 13 heavy (non-hydrogen) atoms. The van der Waals surface area contributed by atoms with Gasteiger partial charge in [0.15, 0.2) is 0 Å². The van der Waals surface area contributed by atoms with Gasteiger partial charge >= 0.3 is 5.97 Å². The van der Waals surface area contributed by atoms with Crippen LogP contribution < -0.4 is 11.1 Å². The van der Waals surface area contributed by atoms with Crippen molar-refractivity contribution in [3.05, 3.63) is 23.9 Å². The van der Waals surface area contributed by atoms with E-state index in [1.165, 1.54) is 12.3 Å². The zero-order valence-corrected chi connectivity index (χ0v) is 7.03. The van der Waals surface area contributed by atoms with E-state index < -0.39 is 5.97 Å². The van der Waals surface area contributed by atoms with E-state index in [0.717, 1.165) is 0 Å². The predicted molar refractivity (Wildman–Crippen MR) is 48.7 cm³/mol. The molecule has 0 aromatic carbocycles. The number of carboxylic acid groups (broad SMARTS) is 1. The molecular weight excluding hydrogens is 170 g/mol. The number of carboxylic acids is 1. The second-order valence-corrected chi connectivity index (χ2v) is 2.45. The molecule has 0 saturated carbocycles. The second kappa shape index (κ2) is 4.42. The lowest BCUT2D eigenvalue weighted by Gasteiger charge is -2.02. The third kappa shape index (κ3) is 2.72. The lowest BCUT2D eigenvalue weighted by Crippen LogP contribution is -2.13. The summed E-state index contributed by atoms with van der Waals surface area (Å²) in [4.78, 5) is 14.3. The maximum absolute atomic E-state index is 10.4. The normalized spacial score (nSPS) is 9.62. The van der Waals surface area contributed by atoms with Gasteiger partial charge in [0, 0.05) is 19.3 Å². The zero-order valence-electron chi connectivity index (χ0n) is 7.03. The maximum atomic E-state index is 10.4. The highest BCUT2D eigenvalue weighted by Gasteiger charge is 2.01. The molecule has 1 heterocycles. The van der Waals surface area contributed by atoms with Crippen LogP contribution in [0, 0.1) is 0 Å². The van der Waals surface area contributed by atoms with Crippen molar-refractivity contribution in [2.45, 2.75) is 0 Å². The Morgan fingerprint density at radius 2 is 2.38 bits per heavy atom. The van der Waals surface area contributed by atoms with E-state index >= 15 is 0 Å². The van der Waals surface area contributed by atoms with Crippen LogP contribution in [0.5, 0.6) is 0 Å². The van der Waals surface area contributed by atoms with Crippen LogP contribution in [0.2, 0.25) is 0 Å². The van der Waals surface area contributed by atoms with Crippen molar-refractivity contribution in [2.75, 3.05) is 18.4 Å². The average Bonchev–Trinajstić information content (AvgIpc) is 2.15. The molecule has 0 atom stereocenters. The first-order valence-corrected chi connectivity index (χ1v) is 3.87. The molecule has 0 aliphatic heterocycles. The summed E-state index contributed by atoms with van der Waals surface area (Å²) >= 11 is 0. The van der Waals surface area contributed by atoms with Crippen LogP contribution in [-0.4, -0.2) is 29.1 Å². The fraction of sp³-hybridized carbons (Fsp3) is 0.250. The van der Waals surface area contributed by atoms with Crippen molar-refractivity contribution >= 4 is 11.8 Å². The molecule has 5 heteroatoms. The Hall–Kier alpha value is -1.62. The first-order valence-electron chi connectivity index (χ1n) is 3.87. The fourth-order valence-electron chi connectivity index (χ4n) is 0.825. The molecule has 5 nitrogen and oxygen atoms in total. The number of nitrogens with zero attached hydrogens (tertiary/aromatic N) is 1. The number of nitrogens with two attached hydrogens (primary N) is 1. The van der Waals surface area contributed by atoms with Crippen molar-refractivity contribution in [1.82, 2.24) is 4.98 Å². The highest BCUT2D eigenvalue weighted by Crippen LogP contribution is 2.03. The first-order chi connectivity index (χ1) is 6.24. The summed E-state index contributed by atoms with van der Waals surface area (Å²) in [5.74, 6) is -0.340. The minimum absolute atomic E-state index is 0.179. The molecular formula is C8H11N3O2. The Morgan fingerprint density at radius 1 is 1.62 bits per heavy atom. The van der Waals surface area contributed by atoms with Crippen molar-refractivity contribution in [3.8, 4) is 0 Å². The summed E-state index contributed by atoms with van der Waals surface area (Å²) in [7, 11) is 0. The lowest BCUT2D eigenvalue weighted by atomic mass is 10.3. The SMILES string of the molecule is NCCNc1ccc(C(=O)O)cn1. The number of anilines is 1. The van der Waals surface area contributed by atoms with E-state index in [9.17, 15) is 4.79 Å². The highest BCUT2D eigenvalue weighted by atomic mass is 16.4. The Morgan fingerprint density at radius 3 is 2.85 bits per heavy atom. The maximum Gasteiger partial charge on any atom is 0.337 e. The van der Waals surface area contributed by atoms with Gasteiger partial charge in [0.05, 0.1) is 5.56 Å². The van der Waals surface area contributed by atoms with E-state index in [4.69, 9.17) is 10.8 Å². The molecule has 0 aliphatic rings. The number of hydrogen-bond acceptors (Lipinski definition) is 4. The zero-order chi connectivity index (χ0) is 9.68. The quantitative estimate of drug-likeness (QED) is 0.615. The van der Waals surface area contributed by atoms with Crippen molar-refractivity contribution in [2.24, 2.45) is 5.73 Å². The van der Waals surface area contributed by atoms with Gasteiger partial charge < -0.3 is 16.2 Å². The van der Waals surface area contributed by atoms with Gasteiger partial charge in [-0.2, -0.15) is 0 Å².